The molecule has 0 atom stereocenters. The summed E-state index contributed by atoms with van der Waals surface area (Å²) in [4.78, 5) is 29.7. The number of hydrogen-bond donors (Lipinski definition) is 0. The van der Waals surface area contributed by atoms with Crippen LogP contribution in [0.1, 0.15) is 24.8 Å². The fourth-order valence-corrected chi connectivity index (χ4v) is 4.07. The standard InChI is InChI=1S/C24H22ClF4N5O3/c1-14(35)33-8-6-32(7-9-33)13-21(36)34(17-4-5-19(26)18(25)11-17)12-16-3-2-15(10-20(16)27)23-30-31-24(37-23)22(28)29/h2-5,10-11,22H,6-9,12-13H2,1H3. The molecule has 0 saturated carbocycles. The fourth-order valence-electron chi connectivity index (χ4n) is 3.89. The lowest BCUT2D eigenvalue weighted by atomic mass is 10.1. The van der Waals surface area contributed by atoms with Crippen LogP contribution in [-0.2, 0) is 16.1 Å². The van der Waals surface area contributed by atoms with Crippen LogP contribution in [0.15, 0.2) is 40.8 Å². The summed E-state index contributed by atoms with van der Waals surface area (Å²) in [6.07, 6.45) is -2.96. The van der Waals surface area contributed by atoms with Gasteiger partial charge >= 0.3 is 6.43 Å². The van der Waals surface area contributed by atoms with Crippen molar-refractivity contribution in [3.63, 3.8) is 0 Å². The van der Waals surface area contributed by atoms with Crippen molar-refractivity contribution in [2.24, 2.45) is 0 Å². The lowest BCUT2D eigenvalue weighted by Crippen LogP contribution is -2.51. The van der Waals surface area contributed by atoms with E-state index >= 15 is 4.39 Å². The van der Waals surface area contributed by atoms with Crippen LogP contribution in [-0.4, -0.2) is 64.5 Å². The zero-order valence-electron chi connectivity index (χ0n) is 19.6. The van der Waals surface area contributed by atoms with Crippen molar-refractivity contribution in [2.75, 3.05) is 37.6 Å². The molecular weight excluding hydrogens is 518 g/mol. The number of nitrogens with zero attached hydrogens (tertiary/aromatic N) is 5. The van der Waals surface area contributed by atoms with Crippen LogP contribution in [0.25, 0.3) is 11.5 Å². The number of rotatable bonds is 7. The van der Waals surface area contributed by atoms with E-state index in [4.69, 9.17) is 16.0 Å². The van der Waals surface area contributed by atoms with Crippen LogP contribution in [0.2, 0.25) is 5.02 Å². The van der Waals surface area contributed by atoms with Crippen molar-refractivity contribution in [2.45, 2.75) is 19.9 Å². The summed E-state index contributed by atoms with van der Waals surface area (Å²) < 4.78 is 59.2. The normalized spacial score (nSPS) is 14.3. The summed E-state index contributed by atoms with van der Waals surface area (Å²) in [7, 11) is 0. The van der Waals surface area contributed by atoms with Gasteiger partial charge in [0.05, 0.1) is 18.1 Å². The Morgan fingerprint density at radius 1 is 1.05 bits per heavy atom. The van der Waals surface area contributed by atoms with Gasteiger partial charge in [0.2, 0.25) is 17.7 Å². The number of amides is 2. The van der Waals surface area contributed by atoms with Crippen molar-refractivity contribution in [3.8, 4) is 11.5 Å². The van der Waals surface area contributed by atoms with Crippen LogP contribution in [0.4, 0.5) is 23.2 Å². The summed E-state index contributed by atoms with van der Waals surface area (Å²) >= 11 is 5.94. The van der Waals surface area contributed by atoms with E-state index in [2.05, 4.69) is 10.2 Å². The van der Waals surface area contributed by atoms with Gasteiger partial charge in [-0.1, -0.05) is 17.7 Å². The number of piperazine rings is 1. The van der Waals surface area contributed by atoms with E-state index in [1.807, 2.05) is 4.90 Å². The molecule has 4 rings (SSSR count). The first kappa shape index (κ1) is 26.6. The van der Waals surface area contributed by atoms with E-state index < -0.39 is 24.0 Å². The minimum atomic E-state index is -2.96. The van der Waals surface area contributed by atoms with E-state index in [0.29, 0.717) is 26.2 Å². The van der Waals surface area contributed by atoms with Crippen molar-refractivity contribution < 1.29 is 31.6 Å². The quantitative estimate of drug-likeness (QED) is 0.416. The van der Waals surface area contributed by atoms with Gasteiger partial charge in [-0.2, -0.15) is 8.78 Å². The zero-order valence-corrected chi connectivity index (χ0v) is 20.4. The van der Waals surface area contributed by atoms with Crippen LogP contribution in [0.3, 0.4) is 0 Å². The summed E-state index contributed by atoms with van der Waals surface area (Å²) in [6.45, 7) is 3.17. The second kappa shape index (κ2) is 11.3. The first-order valence-corrected chi connectivity index (χ1v) is 11.6. The van der Waals surface area contributed by atoms with Gasteiger partial charge in [-0.15, -0.1) is 10.2 Å². The van der Waals surface area contributed by atoms with E-state index in [1.54, 1.807) is 4.90 Å². The zero-order chi connectivity index (χ0) is 26.7. The number of benzene rings is 2. The highest BCUT2D eigenvalue weighted by Crippen LogP contribution is 2.28. The Bertz CT molecular complexity index is 1300. The monoisotopic (exact) mass is 539 g/mol. The lowest BCUT2D eigenvalue weighted by Gasteiger charge is -2.35. The number of halogens is 5. The third-order valence-corrected chi connectivity index (χ3v) is 6.24. The third kappa shape index (κ3) is 6.25. The maximum absolute atomic E-state index is 15.1. The molecule has 0 N–H and O–H groups in total. The van der Waals surface area contributed by atoms with E-state index in [9.17, 15) is 22.8 Å². The van der Waals surface area contributed by atoms with Gasteiger partial charge in [0, 0.05) is 49.9 Å². The summed E-state index contributed by atoms with van der Waals surface area (Å²) in [6, 6.07) is 7.57. The summed E-state index contributed by atoms with van der Waals surface area (Å²) in [5.41, 5.74) is 0.458. The Morgan fingerprint density at radius 2 is 1.78 bits per heavy atom. The minimum absolute atomic E-state index is 0.0150. The lowest BCUT2D eigenvalue weighted by molar-refractivity contribution is -0.130. The molecule has 1 fully saturated rings. The van der Waals surface area contributed by atoms with E-state index in [1.165, 1.54) is 36.1 Å². The van der Waals surface area contributed by atoms with Gasteiger partial charge < -0.3 is 14.2 Å². The Balaban J connectivity index is 1.55. The highest BCUT2D eigenvalue weighted by atomic mass is 35.5. The molecule has 0 radical (unpaired) electrons. The fraction of sp³-hybridized carbons (Fsp3) is 0.333. The third-order valence-electron chi connectivity index (χ3n) is 5.95. The SMILES string of the molecule is CC(=O)N1CCN(CC(=O)N(Cc2ccc(-c3nnc(C(F)F)o3)cc2F)c2ccc(F)c(Cl)c2)CC1. The van der Waals surface area contributed by atoms with Gasteiger partial charge in [0.25, 0.3) is 5.89 Å². The molecule has 2 amide bonds. The second-order valence-corrected chi connectivity index (χ2v) is 8.82. The summed E-state index contributed by atoms with van der Waals surface area (Å²) in [5.74, 6) is -3.00. The maximum atomic E-state index is 15.1. The number of aromatic nitrogens is 2. The molecule has 0 unspecified atom stereocenters. The van der Waals surface area contributed by atoms with Crippen LogP contribution in [0, 0.1) is 11.6 Å². The predicted octanol–water partition coefficient (Wildman–Crippen LogP) is 4.30. The van der Waals surface area contributed by atoms with Gasteiger partial charge in [0.15, 0.2) is 0 Å². The molecule has 0 aliphatic carbocycles. The van der Waals surface area contributed by atoms with Gasteiger partial charge in [-0.3, -0.25) is 14.5 Å². The van der Waals surface area contributed by atoms with Gasteiger partial charge in [-0.05, 0) is 30.3 Å². The average Bonchev–Trinajstić information content (AvgIpc) is 3.36. The number of alkyl halides is 2. The number of carbonyl (C=O) groups is 2. The Morgan fingerprint density at radius 3 is 2.38 bits per heavy atom. The molecule has 3 aromatic rings. The molecule has 2 aromatic carbocycles. The van der Waals surface area contributed by atoms with Crippen molar-refractivity contribution >= 4 is 29.1 Å². The molecule has 0 spiro atoms. The predicted molar refractivity (Wildman–Crippen MR) is 126 cm³/mol. The second-order valence-electron chi connectivity index (χ2n) is 8.41. The van der Waals surface area contributed by atoms with Crippen LogP contribution in [0.5, 0.6) is 0 Å². The topological polar surface area (TPSA) is 82.8 Å². The Hall–Kier alpha value is -3.51. The van der Waals surface area contributed by atoms with Crippen LogP contribution < -0.4 is 4.90 Å². The average molecular weight is 540 g/mol. The molecule has 0 bridgehead atoms. The minimum Gasteiger partial charge on any atom is -0.415 e. The first-order chi connectivity index (χ1) is 17.6. The highest BCUT2D eigenvalue weighted by Gasteiger charge is 2.25. The molecule has 1 aromatic heterocycles. The largest absolute Gasteiger partial charge is 0.415 e. The number of anilines is 1. The Labute approximate surface area is 214 Å². The van der Waals surface area contributed by atoms with Gasteiger partial charge in [0.1, 0.15) is 11.6 Å². The highest BCUT2D eigenvalue weighted by molar-refractivity contribution is 6.31. The van der Waals surface area contributed by atoms with Crippen molar-refractivity contribution in [1.82, 2.24) is 20.0 Å². The maximum Gasteiger partial charge on any atom is 0.314 e. The van der Waals surface area contributed by atoms with Crippen molar-refractivity contribution in [3.05, 3.63) is 64.5 Å². The van der Waals surface area contributed by atoms with Gasteiger partial charge in [-0.25, -0.2) is 8.78 Å². The molecule has 2 heterocycles. The number of hydrogen-bond acceptors (Lipinski definition) is 6. The molecule has 13 heteroatoms. The van der Waals surface area contributed by atoms with Crippen molar-refractivity contribution in [1.29, 1.82) is 0 Å². The first-order valence-electron chi connectivity index (χ1n) is 11.3. The summed E-state index contributed by atoms with van der Waals surface area (Å²) in [5, 5.41) is 6.53. The molecular formula is C24H22ClF4N5O3. The molecule has 1 saturated heterocycles. The molecule has 196 valence electrons. The van der Waals surface area contributed by atoms with E-state index in [0.717, 1.165) is 12.1 Å². The smallest absolute Gasteiger partial charge is 0.314 e. The number of carbonyl (C=O) groups excluding carboxylic acids is 2. The molecule has 1 aliphatic heterocycles. The molecule has 8 nitrogen and oxygen atoms in total. The molecule has 37 heavy (non-hydrogen) atoms. The van der Waals surface area contributed by atoms with E-state index in [-0.39, 0.29) is 52.6 Å². The molecule has 1 aliphatic rings. The van der Waals surface area contributed by atoms with Crippen LogP contribution >= 0.6 is 11.6 Å². The Kier molecular flexibility index (Phi) is 8.08.